The summed E-state index contributed by atoms with van der Waals surface area (Å²) in [7, 11) is 0. The van der Waals surface area contributed by atoms with Gasteiger partial charge in [-0.1, -0.05) is 0 Å². The number of allylic oxidation sites excluding steroid dienone is 2. The maximum atomic E-state index is 14.4. The standard InChI is InChI=1S/C17H13FN2O4S/c1-8-10(6-14(22)23)15-11(3-4-12(21)16(15)18)20(8)17(24)13-5-2-9(7-19)25-13/h2,5,11H,3-4,6H2,1H3,(H,22,23). The van der Waals surface area contributed by atoms with Crippen LogP contribution in [0.5, 0.6) is 0 Å². The Morgan fingerprint density at radius 1 is 1.48 bits per heavy atom. The van der Waals surface area contributed by atoms with Crippen molar-refractivity contribution in [3.05, 3.63) is 44.6 Å². The zero-order valence-electron chi connectivity index (χ0n) is 13.2. The summed E-state index contributed by atoms with van der Waals surface area (Å²) >= 11 is 1.02. The highest BCUT2D eigenvalue weighted by molar-refractivity contribution is 7.14. The second kappa shape index (κ2) is 6.26. The molecule has 1 N–H and O–H groups in total. The molecule has 0 bridgehead atoms. The first-order valence-corrected chi connectivity index (χ1v) is 8.35. The molecule has 2 aliphatic rings. The number of Topliss-reactive ketones (excluding diaryl/α,β-unsaturated/α-hetero) is 1. The summed E-state index contributed by atoms with van der Waals surface area (Å²) in [4.78, 5) is 37.8. The molecule has 1 amide bonds. The molecule has 6 nitrogen and oxygen atoms in total. The van der Waals surface area contributed by atoms with E-state index in [-0.39, 0.29) is 24.0 Å². The highest BCUT2D eigenvalue weighted by Crippen LogP contribution is 2.43. The Morgan fingerprint density at radius 3 is 2.80 bits per heavy atom. The fraction of sp³-hybridized carbons (Fsp3) is 0.294. The Balaban J connectivity index is 2.09. The van der Waals surface area contributed by atoms with Crippen molar-refractivity contribution >= 4 is 29.0 Å². The van der Waals surface area contributed by atoms with E-state index in [0.717, 1.165) is 11.3 Å². The van der Waals surface area contributed by atoms with E-state index in [4.69, 9.17) is 10.4 Å². The van der Waals surface area contributed by atoms with Gasteiger partial charge in [0.05, 0.1) is 17.3 Å². The molecule has 0 aromatic carbocycles. The van der Waals surface area contributed by atoms with Crippen LogP contribution in [-0.2, 0) is 9.59 Å². The lowest BCUT2D eigenvalue weighted by Gasteiger charge is -2.29. The summed E-state index contributed by atoms with van der Waals surface area (Å²) in [5.74, 6) is -3.21. The zero-order valence-corrected chi connectivity index (χ0v) is 14.0. The van der Waals surface area contributed by atoms with Crippen LogP contribution in [0.25, 0.3) is 0 Å². The molecule has 2 heterocycles. The van der Waals surface area contributed by atoms with Gasteiger partial charge in [-0.2, -0.15) is 5.26 Å². The minimum Gasteiger partial charge on any atom is -0.481 e. The molecule has 1 aromatic rings. The number of aliphatic carboxylic acids is 1. The van der Waals surface area contributed by atoms with Crippen molar-refractivity contribution in [2.75, 3.05) is 0 Å². The van der Waals surface area contributed by atoms with E-state index in [1.54, 1.807) is 6.92 Å². The number of carboxylic acid groups (broad SMARTS) is 1. The molecule has 1 aromatic heterocycles. The molecule has 0 saturated heterocycles. The number of hydrogen-bond acceptors (Lipinski definition) is 5. The first-order chi connectivity index (χ1) is 11.8. The van der Waals surface area contributed by atoms with Crippen molar-refractivity contribution in [2.45, 2.75) is 32.2 Å². The molecule has 0 fully saturated rings. The molecular weight excluding hydrogens is 347 g/mol. The van der Waals surface area contributed by atoms with Crippen LogP contribution in [0.15, 0.2) is 34.8 Å². The van der Waals surface area contributed by atoms with E-state index in [2.05, 4.69) is 0 Å². The normalized spacial score (nSPS) is 20.0. The van der Waals surface area contributed by atoms with E-state index in [0.29, 0.717) is 15.5 Å². The van der Waals surface area contributed by atoms with E-state index in [9.17, 15) is 18.8 Å². The number of amides is 1. The Labute approximate surface area is 146 Å². The van der Waals surface area contributed by atoms with Crippen molar-refractivity contribution in [2.24, 2.45) is 0 Å². The van der Waals surface area contributed by atoms with Crippen molar-refractivity contribution in [1.29, 1.82) is 5.26 Å². The third-order valence-electron chi connectivity index (χ3n) is 4.37. The lowest BCUT2D eigenvalue weighted by molar-refractivity contribution is -0.136. The summed E-state index contributed by atoms with van der Waals surface area (Å²) in [6.45, 7) is 1.55. The van der Waals surface area contributed by atoms with E-state index in [1.807, 2.05) is 6.07 Å². The lowest BCUT2D eigenvalue weighted by Crippen LogP contribution is -2.38. The van der Waals surface area contributed by atoms with Crippen LogP contribution in [0, 0.1) is 11.3 Å². The second-order valence-corrected chi connectivity index (χ2v) is 6.87. The van der Waals surface area contributed by atoms with Crippen LogP contribution in [0.2, 0.25) is 0 Å². The van der Waals surface area contributed by atoms with Gasteiger partial charge in [0.2, 0.25) is 0 Å². The first kappa shape index (κ1) is 17.0. The highest BCUT2D eigenvalue weighted by Gasteiger charge is 2.44. The largest absolute Gasteiger partial charge is 0.481 e. The Morgan fingerprint density at radius 2 is 2.20 bits per heavy atom. The molecule has 1 aliphatic heterocycles. The van der Waals surface area contributed by atoms with Crippen LogP contribution in [0.3, 0.4) is 0 Å². The molecule has 0 saturated carbocycles. The van der Waals surface area contributed by atoms with Gasteiger partial charge in [0.15, 0.2) is 11.6 Å². The highest BCUT2D eigenvalue weighted by atomic mass is 32.1. The number of rotatable bonds is 3. The Kier molecular flexibility index (Phi) is 4.27. The van der Waals surface area contributed by atoms with Gasteiger partial charge in [0.25, 0.3) is 5.91 Å². The third kappa shape index (κ3) is 2.76. The monoisotopic (exact) mass is 360 g/mol. The maximum Gasteiger partial charge on any atom is 0.307 e. The molecule has 3 rings (SSSR count). The second-order valence-electron chi connectivity index (χ2n) is 5.79. The van der Waals surface area contributed by atoms with Gasteiger partial charge >= 0.3 is 5.97 Å². The van der Waals surface area contributed by atoms with E-state index >= 15 is 0 Å². The summed E-state index contributed by atoms with van der Waals surface area (Å²) in [6.07, 6.45) is -0.258. The smallest absolute Gasteiger partial charge is 0.307 e. The summed E-state index contributed by atoms with van der Waals surface area (Å²) in [5, 5.41) is 18.0. The first-order valence-electron chi connectivity index (χ1n) is 7.53. The number of thiophene rings is 1. The molecule has 128 valence electrons. The average molecular weight is 360 g/mol. The molecule has 0 radical (unpaired) electrons. The van der Waals surface area contributed by atoms with Crippen LogP contribution >= 0.6 is 11.3 Å². The van der Waals surface area contributed by atoms with Crippen LogP contribution in [-0.4, -0.2) is 33.7 Å². The van der Waals surface area contributed by atoms with Crippen molar-refractivity contribution in [3.63, 3.8) is 0 Å². The minimum atomic E-state index is -1.16. The van der Waals surface area contributed by atoms with E-state index < -0.39 is 35.9 Å². The summed E-state index contributed by atoms with van der Waals surface area (Å²) in [6, 6.07) is 4.30. The van der Waals surface area contributed by atoms with Crippen molar-refractivity contribution in [1.82, 2.24) is 4.90 Å². The van der Waals surface area contributed by atoms with Crippen molar-refractivity contribution in [3.8, 4) is 6.07 Å². The molecule has 1 atom stereocenters. The summed E-state index contributed by atoms with van der Waals surface area (Å²) in [5.41, 5.74) is 0.527. The number of ketones is 1. The minimum absolute atomic E-state index is 0.0153. The Bertz CT molecular complexity index is 906. The van der Waals surface area contributed by atoms with Crippen LogP contribution in [0.1, 0.15) is 40.7 Å². The average Bonchev–Trinajstić information content (AvgIpc) is 3.14. The number of carbonyl (C=O) groups is 3. The topological polar surface area (TPSA) is 98.5 Å². The maximum absolute atomic E-state index is 14.4. The molecular formula is C17H13FN2O4S. The van der Waals surface area contributed by atoms with Gasteiger partial charge in [-0.15, -0.1) is 11.3 Å². The quantitative estimate of drug-likeness (QED) is 0.894. The molecule has 1 aliphatic carbocycles. The summed E-state index contributed by atoms with van der Waals surface area (Å²) < 4.78 is 14.4. The van der Waals surface area contributed by atoms with Crippen molar-refractivity contribution < 1.29 is 23.9 Å². The molecule has 25 heavy (non-hydrogen) atoms. The van der Waals surface area contributed by atoms with Crippen LogP contribution in [0.4, 0.5) is 4.39 Å². The predicted octanol–water partition coefficient (Wildman–Crippen LogP) is 2.78. The van der Waals surface area contributed by atoms with E-state index in [1.165, 1.54) is 17.0 Å². The fourth-order valence-corrected chi connectivity index (χ4v) is 4.02. The van der Waals surface area contributed by atoms with Gasteiger partial charge < -0.3 is 10.0 Å². The number of nitriles is 1. The van der Waals surface area contributed by atoms with Gasteiger partial charge in [-0.25, -0.2) is 4.39 Å². The lowest BCUT2D eigenvalue weighted by atomic mass is 9.88. The number of halogens is 1. The number of fused-ring (bicyclic) bond motifs is 1. The SMILES string of the molecule is CC1=C(CC(=O)O)C2=C(F)C(=O)CCC2N1C(=O)c1ccc(C#N)s1. The number of carbonyl (C=O) groups excluding carboxylic acids is 2. The zero-order chi connectivity index (χ0) is 18.3. The van der Waals surface area contributed by atoms with Crippen LogP contribution < -0.4 is 0 Å². The van der Waals surface area contributed by atoms with Gasteiger partial charge in [-0.05, 0) is 31.1 Å². The molecule has 8 heteroatoms. The number of carboxylic acids is 1. The molecule has 1 unspecified atom stereocenters. The third-order valence-corrected chi connectivity index (χ3v) is 5.35. The molecule has 0 spiro atoms. The number of nitrogens with zero attached hydrogens (tertiary/aromatic N) is 2. The predicted molar refractivity (Wildman–Crippen MR) is 86.3 cm³/mol. The Hall–Kier alpha value is -2.79. The van der Waals surface area contributed by atoms with Gasteiger partial charge in [0.1, 0.15) is 10.9 Å². The fourth-order valence-electron chi connectivity index (χ4n) is 3.28. The van der Waals surface area contributed by atoms with Gasteiger partial charge in [-0.3, -0.25) is 14.4 Å². The number of hydrogen-bond donors (Lipinski definition) is 1. The van der Waals surface area contributed by atoms with Gasteiger partial charge in [0, 0.05) is 17.7 Å².